The highest BCUT2D eigenvalue weighted by molar-refractivity contribution is 5.87. The molecule has 1 N–H and O–H groups in total. The van der Waals surface area contributed by atoms with Gasteiger partial charge in [0, 0.05) is 24.4 Å². The summed E-state index contributed by atoms with van der Waals surface area (Å²) >= 11 is 0. The van der Waals surface area contributed by atoms with E-state index in [1.807, 2.05) is 0 Å². The zero-order valence-corrected chi connectivity index (χ0v) is 9.82. The Hall–Kier alpha value is -3.03. The SMILES string of the molecule is O=C(O)c1ccc(=O)n(-c2ccc([N+](=O)[O-])c(F)c2)c1. The molecule has 1 aromatic heterocycles. The number of aromatic carboxylic acids is 1. The van der Waals surface area contributed by atoms with Crippen LogP contribution in [0.1, 0.15) is 10.4 Å². The van der Waals surface area contributed by atoms with Crippen LogP contribution in [0.2, 0.25) is 0 Å². The van der Waals surface area contributed by atoms with E-state index in [1.165, 1.54) is 0 Å². The lowest BCUT2D eigenvalue weighted by atomic mass is 10.2. The van der Waals surface area contributed by atoms with Crippen LogP contribution in [0.4, 0.5) is 10.1 Å². The van der Waals surface area contributed by atoms with E-state index < -0.39 is 28.0 Å². The Morgan fingerprint density at radius 3 is 2.55 bits per heavy atom. The van der Waals surface area contributed by atoms with Crippen molar-refractivity contribution in [3.8, 4) is 5.69 Å². The molecule has 0 atom stereocenters. The molecule has 0 spiro atoms. The summed E-state index contributed by atoms with van der Waals surface area (Å²) in [6.07, 6.45) is 1.02. The van der Waals surface area contributed by atoms with Crippen LogP contribution in [0.3, 0.4) is 0 Å². The molecule has 0 saturated heterocycles. The first-order chi connectivity index (χ1) is 9.40. The van der Waals surface area contributed by atoms with Gasteiger partial charge in [-0.05, 0) is 12.1 Å². The molecule has 0 saturated carbocycles. The molecule has 0 radical (unpaired) electrons. The Labute approximate surface area is 110 Å². The number of carboxylic acid groups (broad SMARTS) is 1. The molecule has 0 aliphatic heterocycles. The fourth-order valence-corrected chi connectivity index (χ4v) is 1.61. The molecule has 1 heterocycles. The number of rotatable bonds is 3. The minimum atomic E-state index is -1.25. The van der Waals surface area contributed by atoms with Gasteiger partial charge in [-0.2, -0.15) is 4.39 Å². The van der Waals surface area contributed by atoms with Gasteiger partial charge in [0.05, 0.1) is 16.2 Å². The topological polar surface area (TPSA) is 102 Å². The lowest BCUT2D eigenvalue weighted by Crippen LogP contribution is -2.18. The highest BCUT2D eigenvalue weighted by Gasteiger charge is 2.15. The molecule has 8 heteroatoms. The maximum Gasteiger partial charge on any atom is 0.337 e. The highest BCUT2D eigenvalue weighted by atomic mass is 19.1. The Bertz CT molecular complexity index is 769. The first-order valence-electron chi connectivity index (χ1n) is 5.30. The van der Waals surface area contributed by atoms with Crippen molar-refractivity contribution >= 4 is 11.7 Å². The number of nitrogens with zero attached hydrogens (tertiary/aromatic N) is 2. The van der Waals surface area contributed by atoms with Crippen LogP contribution in [0.5, 0.6) is 0 Å². The second kappa shape index (κ2) is 4.92. The van der Waals surface area contributed by atoms with Crippen LogP contribution >= 0.6 is 0 Å². The second-order valence-corrected chi connectivity index (χ2v) is 3.82. The molecule has 2 aromatic rings. The van der Waals surface area contributed by atoms with Crippen molar-refractivity contribution in [2.24, 2.45) is 0 Å². The Morgan fingerprint density at radius 2 is 2.00 bits per heavy atom. The van der Waals surface area contributed by atoms with E-state index in [2.05, 4.69) is 0 Å². The van der Waals surface area contributed by atoms with Gasteiger partial charge in [0.25, 0.3) is 5.56 Å². The summed E-state index contributed by atoms with van der Waals surface area (Å²) in [6.45, 7) is 0. The predicted octanol–water partition coefficient (Wildman–Crippen LogP) is 1.58. The molecule has 20 heavy (non-hydrogen) atoms. The van der Waals surface area contributed by atoms with Gasteiger partial charge in [0.2, 0.25) is 5.82 Å². The zero-order chi connectivity index (χ0) is 14.9. The quantitative estimate of drug-likeness (QED) is 0.678. The summed E-state index contributed by atoms with van der Waals surface area (Å²) in [4.78, 5) is 32.1. The van der Waals surface area contributed by atoms with Gasteiger partial charge < -0.3 is 5.11 Å². The molecule has 0 aliphatic rings. The van der Waals surface area contributed by atoms with Crippen LogP contribution in [-0.2, 0) is 0 Å². The lowest BCUT2D eigenvalue weighted by molar-refractivity contribution is -0.387. The maximum atomic E-state index is 13.5. The van der Waals surface area contributed by atoms with E-state index in [1.54, 1.807) is 0 Å². The summed E-state index contributed by atoms with van der Waals surface area (Å²) in [5.41, 5.74) is -1.47. The third-order valence-corrected chi connectivity index (χ3v) is 2.56. The fraction of sp³-hybridized carbons (Fsp3) is 0. The summed E-state index contributed by atoms with van der Waals surface area (Å²) in [6, 6.07) is 5.00. The van der Waals surface area contributed by atoms with Crippen molar-refractivity contribution in [3.05, 3.63) is 68.4 Å². The summed E-state index contributed by atoms with van der Waals surface area (Å²) in [5.74, 6) is -2.36. The normalized spacial score (nSPS) is 10.2. The smallest absolute Gasteiger partial charge is 0.337 e. The van der Waals surface area contributed by atoms with Crippen LogP contribution in [-0.4, -0.2) is 20.6 Å². The van der Waals surface area contributed by atoms with Crippen molar-refractivity contribution in [1.29, 1.82) is 0 Å². The van der Waals surface area contributed by atoms with Crippen molar-refractivity contribution in [3.63, 3.8) is 0 Å². The van der Waals surface area contributed by atoms with E-state index in [0.29, 0.717) is 0 Å². The molecule has 1 aromatic carbocycles. The standard InChI is InChI=1S/C12H7FN2O5/c13-9-5-8(2-3-10(9)15(19)20)14-6-7(12(17)18)1-4-11(14)16/h1-6H,(H,17,18). The second-order valence-electron chi connectivity index (χ2n) is 3.82. The molecular weight excluding hydrogens is 271 g/mol. The minimum absolute atomic E-state index is 0.00111. The lowest BCUT2D eigenvalue weighted by Gasteiger charge is -2.06. The molecule has 0 unspecified atom stereocenters. The van der Waals surface area contributed by atoms with E-state index in [0.717, 1.165) is 41.1 Å². The van der Waals surface area contributed by atoms with Crippen LogP contribution < -0.4 is 5.56 Å². The number of carboxylic acids is 1. The van der Waals surface area contributed by atoms with Crippen LogP contribution in [0.25, 0.3) is 5.69 Å². The number of halogens is 1. The summed E-state index contributed by atoms with van der Waals surface area (Å²) in [7, 11) is 0. The number of hydrogen-bond acceptors (Lipinski definition) is 4. The molecular formula is C12H7FN2O5. The first-order valence-corrected chi connectivity index (χ1v) is 5.30. The predicted molar refractivity (Wildman–Crippen MR) is 65.6 cm³/mol. The molecule has 0 aliphatic carbocycles. The van der Waals surface area contributed by atoms with Gasteiger partial charge in [-0.1, -0.05) is 0 Å². The van der Waals surface area contributed by atoms with Crippen LogP contribution in [0, 0.1) is 15.9 Å². The van der Waals surface area contributed by atoms with Crippen molar-refractivity contribution in [2.75, 3.05) is 0 Å². The zero-order valence-electron chi connectivity index (χ0n) is 9.82. The number of hydrogen-bond donors (Lipinski definition) is 1. The largest absolute Gasteiger partial charge is 0.478 e. The van der Waals surface area contributed by atoms with Gasteiger partial charge in [-0.15, -0.1) is 0 Å². The van der Waals surface area contributed by atoms with E-state index in [9.17, 15) is 24.1 Å². The number of nitro groups is 1. The Kier molecular flexibility index (Phi) is 3.30. The number of pyridine rings is 1. The highest BCUT2D eigenvalue weighted by Crippen LogP contribution is 2.19. The average molecular weight is 278 g/mol. The van der Waals surface area contributed by atoms with E-state index >= 15 is 0 Å². The Morgan fingerprint density at radius 1 is 1.30 bits per heavy atom. The average Bonchev–Trinajstić information content (AvgIpc) is 2.38. The van der Waals surface area contributed by atoms with Gasteiger partial charge in [-0.3, -0.25) is 19.5 Å². The molecule has 7 nitrogen and oxygen atoms in total. The third-order valence-electron chi connectivity index (χ3n) is 2.56. The minimum Gasteiger partial charge on any atom is -0.478 e. The van der Waals surface area contributed by atoms with Crippen molar-refractivity contribution in [2.45, 2.75) is 0 Å². The molecule has 0 fully saturated rings. The molecule has 0 bridgehead atoms. The monoisotopic (exact) mass is 278 g/mol. The van der Waals surface area contributed by atoms with Crippen molar-refractivity contribution in [1.82, 2.24) is 4.57 Å². The van der Waals surface area contributed by atoms with E-state index in [4.69, 9.17) is 5.11 Å². The third kappa shape index (κ3) is 2.39. The van der Waals surface area contributed by atoms with Gasteiger partial charge in [0.15, 0.2) is 0 Å². The number of nitro benzene ring substituents is 1. The van der Waals surface area contributed by atoms with Crippen LogP contribution in [0.15, 0.2) is 41.3 Å². The number of carbonyl (C=O) groups is 1. The van der Waals surface area contributed by atoms with Crippen molar-refractivity contribution < 1.29 is 19.2 Å². The van der Waals surface area contributed by atoms with Gasteiger partial charge in [-0.25, -0.2) is 4.79 Å². The first kappa shape index (κ1) is 13.4. The fourth-order valence-electron chi connectivity index (χ4n) is 1.61. The summed E-state index contributed by atoms with van der Waals surface area (Å²) < 4.78 is 14.4. The molecule has 102 valence electrons. The van der Waals surface area contributed by atoms with Gasteiger partial charge >= 0.3 is 11.7 Å². The number of benzene rings is 1. The number of aromatic nitrogens is 1. The Balaban J connectivity index is 2.60. The van der Waals surface area contributed by atoms with Gasteiger partial charge in [0.1, 0.15) is 0 Å². The van der Waals surface area contributed by atoms with E-state index in [-0.39, 0.29) is 11.3 Å². The molecule has 2 rings (SSSR count). The molecule has 0 amide bonds. The summed E-state index contributed by atoms with van der Waals surface area (Å²) in [5, 5.41) is 19.3. The maximum absolute atomic E-state index is 13.5.